The van der Waals surface area contributed by atoms with Crippen molar-refractivity contribution in [3.63, 3.8) is 0 Å². The molecule has 0 saturated heterocycles. The second kappa shape index (κ2) is 5.50. The maximum atomic E-state index is 11.7. The van der Waals surface area contributed by atoms with E-state index in [9.17, 15) is 4.79 Å². The molecule has 98 valence electrons. The molecule has 1 fully saturated rings. The highest BCUT2D eigenvalue weighted by molar-refractivity contribution is 5.89. The summed E-state index contributed by atoms with van der Waals surface area (Å²) in [5, 5.41) is 0. The van der Waals surface area contributed by atoms with Gasteiger partial charge in [0.2, 0.25) is 0 Å². The van der Waals surface area contributed by atoms with Crippen molar-refractivity contribution in [2.45, 2.75) is 18.6 Å². The number of rotatable bonds is 5. The number of hydrogen-bond acceptors (Lipinski definition) is 4. The van der Waals surface area contributed by atoms with E-state index in [0.717, 1.165) is 12.8 Å². The molecule has 0 atom stereocenters. The average molecular weight is 250 g/mol. The minimum Gasteiger partial charge on any atom is -0.462 e. The van der Waals surface area contributed by atoms with Crippen LogP contribution in [0.2, 0.25) is 0 Å². The van der Waals surface area contributed by atoms with Gasteiger partial charge in [-0.25, -0.2) is 4.79 Å². The Hall–Kier alpha value is -1.39. The maximum absolute atomic E-state index is 11.7. The first-order valence-corrected chi connectivity index (χ1v) is 6.01. The fraction of sp³-hybridized carbons (Fsp3) is 0.500. The van der Waals surface area contributed by atoms with Gasteiger partial charge in [-0.05, 0) is 12.1 Å². The van der Waals surface area contributed by atoms with Crippen LogP contribution >= 0.6 is 0 Å². The van der Waals surface area contributed by atoms with Crippen molar-refractivity contribution in [3.8, 4) is 0 Å². The van der Waals surface area contributed by atoms with Gasteiger partial charge in [-0.15, -0.1) is 0 Å². The van der Waals surface area contributed by atoms with Crippen LogP contribution in [0.25, 0.3) is 0 Å². The van der Waals surface area contributed by atoms with Crippen molar-refractivity contribution >= 4 is 5.97 Å². The highest BCUT2D eigenvalue weighted by Gasteiger charge is 2.45. The van der Waals surface area contributed by atoms with E-state index in [0.29, 0.717) is 18.1 Å². The molecule has 4 heteroatoms. The highest BCUT2D eigenvalue weighted by Crippen LogP contribution is 2.41. The van der Waals surface area contributed by atoms with Crippen molar-refractivity contribution in [1.82, 2.24) is 0 Å². The van der Waals surface area contributed by atoms with Crippen LogP contribution in [0.15, 0.2) is 30.3 Å². The summed E-state index contributed by atoms with van der Waals surface area (Å²) in [5.74, 6) is -0.426. The zero-order valence-corrected chi connectivity index (χ0v) is 10.7. The Balaban J connectivity index is 1.76. The fourth-order valence-electron chi connectivity index (χ4n) is 2.21. The molecular weight excluding hydrogens is 232 g/mol. The van der Waals surface area contributed by atoms with Crippen molar-refractivity contribution in [1.29, 1.82) is 0 Å². The Bertz CT molecular complexity index is 390. The predicted molar refractivity (Wildman–Crippen MR) is 66.2 cm³/mol. The van der Waals surface area contributed by atoms with Crippen LogP contribution in [-0.4, -0.2) is 32.6 Å². The number of hydrogen-bond donors (Lipinski definition) is 0. The molecule has 4 nitrogen and oxygen atoms in total. The van der Waals surface area contributed by atoms with E-state index in [1.165, 1.54) is 0 Å². The van der Waals surface area contributed by atoms with Gasteiger partial charge in [0.15, 0.2) is 5.79 Å². The zero-order valence-electron chi connectivity index (χ0n) is 10.7. The van der Waals surface area contributed by atoms with Crippen LogP contribution < -0.4 is 0 Å². The lowest BCUT2D eigenvalue weighted by atomic mass is 9.79. The largest absolute Gasteiger partial charge is 0.462 e. The van der Waals surface area contributed by atoms with Crippen molar-refractivity contribution in [2.24, 2.45) is 5.92 Å². The molecule has 2 rings (SSSR count). The predicted octanol–water partition coefficient (Wildman–Crippen LogP) is 2.24. The third-order valence-corrected chi connectivity index (χ3v) is 3.40. The standard InChI is InChI=1S/C14H18O4/c1-16-14(17-2)8-11(9-14)10-18-13(15)12-6-4-3-5-7-12/h3-7,11H,8-10H2,1-2H3. The SMILES string of the molecule is COC1(OC)CC(COC(=O)c2ccccc2)C1. The van der Waals surface area contributed by atoms with E-state index in [-0.39, 0.29) is 5.97 Å². The molecule has 0 spiro atoms. The van der Waals surface area contributed by atoms with Gasteiger partial charge in [-0.1, -0.05) is 18.2 Å². The number of ether oxygens (including phenoxy) is 3. The Morgan fingerprint density at radius 1 is 1.22 bits per heavy atom. The summed E-state index contributed by atoms with van der Waals surface area (Å²) < 4.78 is 15.8. The number of esters is 1. The van der Waals surface area contributed by atoms with E-state index in [1.807, 2.05) is 18.2 Å². The molecular formula is C14H18O4. The van der Waals surface area contributed by atoms with E-state index < -0.39 is 5.79 Å². The summed E-state index contributed by atoms with van der Waals surface area (Å²) in [6.07, 6.45) is 1.53. The molecule has 0 aliphatic heterocycles. The monoisotopic (exact) mass is 250 g/mol. The number of carbonyl (C=O) groups is 1. The zero-order chi connectivity index (χ0) is 13.0. The summed E-state index contributed by atoms with van der Waals surface area (Å²) >= 11 is 0. The van der Waals surface area contributed by atoms with Gasteiger partial charge >= 0.3 is 5.97 Å². The quantitative estimate of drug-likeness (QED) is 0.594. The lowest BCUT2D eigenvalue weighted by molar-refractivity contribution is -0.273. The van der Waals surface area contributed by atoms with Crippen LogP contribution in [0.1, 0.15) is 23.2 Å². The van der Waals surface area contributed by atoms with Gasteiger partial charge in [0, 0.05) is 33.0 Å². The van der Waals surface area contributed by atoms with Crippen LogP contribution in [0.3, 0.4) is 0 Å². The lowest BCUT2D eigenvalue weighted by Gasteiger charge is -2.44. The Kier molecular flexibility index (Phi) is 3.99. The van der Waals surface area contributed by atoms with Gasteiger partial charge in [-0.3, -0.25) is 0 Å². The molecule has 0 radical (unpaired) electrons. The average Bonchev–Trinajstić information content (AvgIpc) is 2.39. The maximum Gasteiger partial charge on any atom is 0.338 e. The first-order chi connectivity index (χ1) is 8.69. The second-order valence-corrected chi connectivity index (χ2v) is 4.56. The highest BCUT2D eigenvalue weighted by atomic mass is 16.7. The van der Waals surface area contributed by atoms with Crippen molar-refractivity contribution in [3.05, 3.63) is 35.9 Å². The van der Waals surface area contributed by atoms with E-state index in [2.05, 4.69) is 0 Å². The van der Waals surface area contributed by atoms with E-state index in [1.54, 1.807) is 26.4 Å². The lowest BCUT2D eigenvalue weighted by Crippen LogP contribution is -2.48. The smallest absolute Gasteiger partial charge is 0.338 e. The van der Waals surface area contributed by atoms with Crippen LogP contribution in [0, 0.1) is 5.92 Å². The first kappa shape index (κ1) is 13.1. The summed E-state index contributed by atoms with van der Waals surface area (Å²) in [4.78, 5) is 11.7. The first-order valence-electron chi connectivity index (χ1n) is 6.01. The Morgan fingerprint density at radius 3 is 2.39 bits per heavy atom. The van der Waals surface area contributed by atoms with Gasteiger partial charge in [0.05, 0.1) is 12.2 Å². The summed E-state index contributed by atoms with van der Waals surface area (Å²) in [6.45, 7) is 0.419. The topological polar surface area (TPSA) is 44.8 Å². The molecule has 0 unspecified atom stereocenters. The molecule has 0 N–H and O–H groups in total. The molecule has 0 heterocycles. The molecule has 1 saturated carbocycles. The molecule has 1 aromatic rings. The van der Waals surface area contributed by atoms with Gasteiger partial charge in [0.1, 0.15) is 0 Å². The second-order valence-electron chi connectivity index (χ2n) is 4.56. The molecule has 1 aromatic carbocycles. The number of carbonyl (C=O) groups excluding carboxylic acids is 1. The van der Waals surface area contributed by atoms with Crippen LogP contribution in [0.4, 0.5) is 0 Å². The summed E-state index contributed by atoms with van der Waals surface area (Å²) in [5.41, 5.74) is 0.585. The van der Waals surface area contributed by atoms with Gasteiger partial charge in [0.25, 0.3) is 0 Å². The normalized spacial score (nSPS) is 18.1. The van der Waals surface area contributed by atoms with Crippen LogP contribution in [0.5, 0.6) is 0 Å². The summed E-state index contributed by atoms with van der Waals surface area (Å²) in [6, 6.07) is 9.01. The molecule has 1 aliphatic carbocycles. The minimum absolute atomic E-state index is 0.275. The van der Waals surface area contributed by atoms with Crippen LogP contribution in [-0.2, 0) is 14.2 Å². The number of benzene rings is 1. The minimum atomic E-state index is -0.468. The fourth-order valence-corrected chi connectivity index (χ4v) is 2.21. The summed E-state index contributed by atoms with van der Waals surface area (Å²) in [7, 11) is 3.27. The van der Waals surface area contributed by atoms with Crippen molar-refractivity contribution < 1.29 is 19.0 Å². The van der Waals surface area contributed by atoms with E-state index >= 15 is 0 Å². The Labute approximate surface area is 107 Å². The Morgan fingerprint density at radius 2 is 1.83 bits per heavy atom. The van der Waals surface area contributed by atoms with Gasteiger partial charge in [-0.2, -0.15) is 0 Å². The van der Waals surface area contributed by atoms with Crippen molar-refractivity contribution in [2.75, 3.05) is 20.8 Å². The molecule has 18 heavy (non-hydrogen) atoms. The third kappa shape index (κ3) is 2.71. The molecule has 1 aliphatic rings. The molecule has 0 bridgehead atoms. The van der Waals surface area contributed by atoms with Gasteiger partial charge < -0.3 is 14.2 Å². The third-order valence-electron chi connectivity index (χ3n) is 3.40. The van der Waals surface area contributed by atoms with E-state index in [4.69, 9.17) is 14.2 Å². The molecule has 0 aromatic heterocycles. The molecule has 0 amide bonds. The number of methoxy groups -OCH3 is 2.